The maximum atomic E-state index is 14.1. The van der Waals surface area contributed by atoms with E-state index in [1.54, 1.807) is 18.3 Å². The third-order valence-electron chi connectivity index (χ3n) is 5.24. The fourth-order valence-corrected chi connectivity index (χ4v) is 3.75. The topological polar surface area (TPSA) is 59.8 Å². The van der Waals surface area contributed by atoms with Gasteiger partial charge in [0, 0.05) is 11.6 Å². The number of hydrogen-bond acceptors (Lipinski definition) is 3. The van der Waals surface area contributed by atoms with Crippen LogP contribution in [-0.2, 0) is 17.5 Å². The van der Waals surface area contributed by atoms with Gasteiger partial charge in [-0.3, -0.25) is 4.79 Å². The highest BCUT2D eigenvalue weighted by molar-refractivity contribution is 5.96. The zero-order valence-corrected chi connectivity index (χ0v) is 18.1. The number of nitrogens with one attached hydrogen (secondary N) is 1. The van der Waals surface area contributed by atoms with Gasteiger partial charge in [0.05, 0.1) is 5.69 Å². The Morgan fingerprint density at radius 3 is 2.26 bits per heavy atom. The van der Waals surface area contributed by atoms with Crippen LogP contribution in [0, 0.1) is 37.1 Å². The zero-order chi connectivity index (χ0) is 25.7. The minimum absolute atomic E-state index is 0.238. The van der Waals surface area contributed by atoms with Gasteiger partial charge in [-0.15, -0.1) is 0 Å². The molecule has 0 unspecified atom stereocenters. The molecule has 12 heteroatoms. The van der Waals surface area contributed by atoms with E-state index in [1.165, 1.54) is 6.20 Å². The van der Waals surface area contributed by atoms with Crippen LogP contribution >= 0.6 is 0 Å². The van der Waals surface area contributed by atoms with Crippen molar-refractivity contribution in [2.24, 2.45) is 0 Å². The van der Waals surface area contributed by atoms with E-state index in [1.807, 2.05) is 31.2 Å². The molecule has 4 aromatic rings. The third-order valence-corrected chi connectivity index (χ3v) is 5.24. The van der Waals surface area contributed by atoms with Crippen molar-refractivity contribution in [3.63, 3.8) is 0 Å². The molecule has 1 N–H and O–H groups in total. The molecule has 182 valence electrons. The van der Waals surface area contributed by atoms with Crippen molar-refractivity contribution in [3.8, 4) is 11.1 Å². The molecule has 4 rings (SSSR count). The predicted molar refractivity (Wildman–Crippen MR) is 112 cm³/mol. The standard InChI is InChI=1S/C23H15F7N4O/c1-10-4-3-5-12(8-10)13-6-7-31-22-15(13)11(2)33-34(22)9-14(35)32-21-19(26)17(24)16(23(28,29)30)18(25)20(21)27/h3-8H,9H2,1-2H3,(H,32,35). The second-order valence-corrected chi connectivity index (χ2v) is 7.72. The number of anilines is 1. The number of amides is 1. The number of aryl methyl sites for hydroxylation is 2. The van der Waals surface area contributed by atoms with Gasteiger partial charge in [0.1, 0.15) is 17.8 Å². The molecule has 0 radical (unpaired) electrons. The van der Waals surface area contributed by atoms with Gasteiger partial charge in [0.2, 0.25) is 5.91 Å². The van der Waals surface area contributed by atoms with Crippen LogP contribution in [0.5, 0.6) is 0 Å². The van der Waals surface area contributed by atoms with Crippen LogP contribution in [0.2, 0.25) is 0 Å². The lowest BCUT2D eigenvalue weighted by molar-refractivity contribution is -0.143. The molecule has 0 aliphatic carbocycles. The third kappa shape index (κ3) is 4.31. The quantitative estimate of drug-likeness (QED) is 0.282. The number of halogens is 7. The van der Waals surface area contributed by atoms with Gasteiger partial charge in [-0.05, 0) is 31.0 Å². The Morgan fingerprint density at radius 1 is 1.00 bits per heavy atom. The molecular formula is C23H15F7N4O. The number of alkyl halides is 3. The summed E-state index contributed by atoms with van der Waals surface area (Å²) in [6, 6.07) is 9.31. The largest absolute Gasteiger partial charge is 0.422 e. The van der Waals surface area contributed by atoms with E-state index in [2.05, 4.69) is 10.1 Å². The van der Waals surface area contributed by atoms with E-state index in [9.17, 15) is 35.5 Å². The number of aromatic nitrogens is 3. The van der Waals surface area contributed by atoms with Crippen molar-refractivity contribution in [2.45, 2.75) is 26.6 Å². The maximum Gasteiger partial charge on any atom is 0.422 e. The molecule has 5 nitrogen and oxygen atoms in total. The van der Waals surface area contributed by atoms with Crippen LogP contribution in [0.25, 0.3) is 22.2 Å². The van der Waals surface area contributed by atoms with Crippen LogP contribution in [0.15, 0.2) is 36.5 Å². The van der Waals surface area contributed by atoms with Crippen LogP contribution in [0.4, 0.5) is 36.4 Å². The van der Waals surface area contributed by atoms with E-state index in [0.717, 1.165) is 21.4 Å². The highest BCUT2D eigenvalue weighted by Crippen LogP contribution is 2.38. The highest BCUT2D eigenvalue weighted by atomic mass is 19.4. The van der Waals surface area contributed by atoms with Gasteiger partial charge < -0.3 is 5.32 Å². The summed E-state index contributed by atoms with van der Waals surface area (Å²) in [5.74, 6) is -11.3. The highest BCUT2D eigenvalue weighted by Gasteiger charge is 2.42. The molecule has 0 fully saturated rings. The lowest BCUT2D eigenvalue weighted by Crippen LogP contribution is -2.23. The summed E-state index contributed by atoms with van der Waals surface area (Å²) in [4.78, 5) is 16.6. The average Bonchev–Trinajstić information content (AvgIpc) is 3.10. The second kappa shape index (κ2) is 8.67. The summed E-state index contributed by atoms with van der Waals surface area (Å²) in [6.45, 7) is 2.86. The number of carbonyl (C=O) groups is 1. The average molecular weight is 496 g/mol. The molecule has 0 atom stereocenters. The Hall–Kier alpha value is -3.96. The van der Waals surface area contributed by atoms with Gasteiger partial charge in [-0.1, -0.05) is 29.8 Å². The minimum Gasteiger partial charge on any atom is -0.319 e. The SMILES string of the molecule is Cc1cccc(-c2ccnc3c2c(C)nn3CC(=O)Nc2c(F)c(F)c(C(F)(F)F)c(F)c2F)c1. The summed E-state index contributed by atoms with van der Waals surface area (Å²) in [7, 11) is 0. The van der Waals surface area contributed by atoms with Crippen LogP contribution < -0.4 is 5.32 Å². The number of nitrogens with zero attached hydrogens (tertiary/aromatic N) is 3. The molecule has 0 spiro atoms. The van der Waals surface area contributed by atoms with Crippen molar-refractivity contribution in [3.05, 3.63) is 76.6 Å². The summed E-state index contributed by atoms with van der Waals surface area (Å²) >= 11 is 0. The van der Waals surface area contributed by atoms with Gasteiger partial charge >= 0.3 is 6.18 Å². The van der Waals surface area contributed by atoms with E-state index in [0.29, 0.717) is 11.1 Å². The molecule has 0 bridgehead atoms. The number of carbonyl (C=O) groups excluding carboxylic acids is 1. The van der Waals surface area contributed by atoms with E-state index >= 15 is 0 Å². The predicted octanol–water partition coefficient (Wildman–Crippen LogP) is 5.93. The Morgan fingerprint density at radius 2 is 1.66 bits per heavy atom. The van der Waals surface area contributed by atoms with Crippen molar-refractivity contribution >= 4 is 22.6 Å². The fourth-order valence-electron chi connectivity index (χ4n) is 3.75. The van der Waals surface area contributed by atoms with Crippen LogP contribution in [0.1, 0.15) is 16.8 Å². The smallest absolute Gasteiger partial charge is 0.319 e. The molecule has 0 aliphatic heterocycles. The molecule has 35 heavy (non-hydrogen) atoms. The number of hydrogen-bond donors (Lipinski definition) is 1. The Balaban J connectivity index is 1.69. The normalized spacial score (nSPS) is 11.8. The summed E-state index contributed by atoms with van der Waals surface area (Å²) in [5.41, 5.74) is -1.09. The zero-order valence-electron chi connectivity index (χ0n) is 18.1. The fraction of sp³-hybridized carbons (Fsp3) is 0.174. The minimum atomic E-state index is -5.69. The molecule has 0 saturated heterocycles. The number of fused-ring (bicyclic) bond motifs is 1. The number of pyridine rings is 1. The molecule has 1 amide bonds. The van der Waals surface area contributed by atoms with Gasteiger partial charge in [-0.25, -0.2) is 27.2 Å². The first-order valence-corrected chi connectivity index (χ1v) is 10.0. The van der Waals surface area contributed by atoms with Crippen LogP contribution in [-0.4, -0.2) is 20.7 Å². The van der Waals surface area contributed by atoms with E-state index < -0.39 is 53.1 Å². The molecule has 2 aromatic heterocycles. The van der Waals surface area contributed by atoms with E-state index in [4.69, 9.17) is 0 Å². The monoisotopic (exact) mass is 496 g/mol. The molecule has 0 aliphatic rings. The number of rotatable bonds is 4. The van der Waals surface area contributed by atoms with Gasteiger partial charge in [-0.2, -0.15) is 18.3 Å². The van der Waals surface area contributed by atoms with Crippen molar-refractivity contribution in [1.29, 1.82) is 0 Å². The summed E-state index contributed by atoms with van der Waals surface area (Å²) in [5, 5.41) is 6.40. The van der Waals surface area contributed by atoms with Crippen LogP contribution in [0.3, 0.4) is 0 Å². The van der Waals surface area contributed by atoms with Gasteiger partial charge in [0.25, 0.3) is 0 Å². The molecule has 2 heterocycles. The lowest BCUT2D eigenvalue weighted by Gasteiger charge is -2.14. The molecular weight excluding hydrogens is 481 g/mol. The van der Waals surface area contributed by atoms with Gasteiger partial charge in [0.15, 0.2) is 28.9 Å². The van der Waals surface area contributed by atoms with E-state index in [-0.39, 0.29) is 5.65 Å². The first-order valence-electron chi connectivity index (χ1n) is 10.0. The van der Waals surface area contributed by atoms with Crippen molar-refractivity contribution in [1.82, 2.24) is 14.8 Å². The first-order chi connectivity index (χ1) is 16.4. The first kappa shape index (κ1) is 24.2. The molecule has 2 aromatic carbocycles. The lowest BCUT2D eigenvalue weighted by atomic mass is 10.0. The summed E-state index contributed by atoms with van der Waals surface area (Å²) < 4.78 is 95.3. The Kier molecular flexibility index (Phi) is 5.99. The maximum absolute atomic E-state index is 14.1. The number of benzene rings is 2. The Labute approximate surface area is 193 Å². The molecule has 0 saturated carbocycles. The summed E-state index contributed by atoms with van der Waals surface area (Å²) in [6.07, 6.45) is -4.22. The Bertz CT molecular complexity index is 1450. The second-order valence-electron chi connectivity index (χ2n) is 7.72. The van der Waals surface area contributed by atoms with Crippen molar-refractivity contribution in [2.75, 3.05) is 5.32 Å². The van der Waals surface area contributed by atoms with Crippen molar-refractivity contribution < 1.29 is 35.5 Å².